The molecular formula is C18H19NO5S. The molecule has 0 aliphatic rings. The minimum absolute atomic E-state index is 0.225. The van der Waals surface area contributed by atoms with Gasteiger partial charge in [-0.3, -0.25) is 9.52 Å². The van der Waals surface area contributed by atoms with E-state index in [0.29, 0.717) is 11.3 Å². The van der Waals surface area contributed by atoms with Gasteiger partial charge in [0.15, 0.2) is 6.10 Å². The number of hydrogen-bond acceptors (Lipinski definition) is 5. The minimum Gasteiger partial charge on any atom is -0.451 e. The van der Waals surface area contributed by atoms with E-state index >= 15 is 0 Å². The maximum atomic E-state index is 12.3. The first-order chi connectivity index (χ1) is 11.7. The number of carbonyl (C=O) groups excluding carboxylic acids is 2. The number of aryl methyl sites for hydroxylation is 1. The zero-order valence-electron chi connectivity index (χ0n) is 14.1. The van der Waals surface area contributed by atoms with Crippen molar-refractivity contribution >= 4 is 27.5 Å². The van der Waals surface area contributed by atoms with Crippen LogP contribution in [0.2, 0.25) is 0 Å². The third-order valence-corrected chi connectivity index (χ3v) is 4.02. The Balaban J connectivity index is 2.03. The largest absolute Gasteiger partial charge is 0.451 e. The molecule has 0 fully saturated rings. The molecule has 0 amide bonds. The van der Waals surface area contributed by atoms with Crippen molar-refractivity contribution in [1.82, 2.24) is 0 Å². The lowest BCUT2D eigenvalue weighted by Gasteiger charge is -2.13. The summed E-state index contributed by atoms with van der Waals surface area (Å²) in [6.45, 7) is 3.43. The topological polar surface area (TPSA) is 89.5 Å². The number of rotatable bonds is 6. The van der Waals surface area contributed by atoms with Crippen molar-refractivity contribution in [2.45, 2.75) is 20.0 Å². The zero-order chi connectivity index (χ0) is 18.6. The van der Waals surface area contributed by atoms with Gasteiger partial charge in [-0.25, -0.2) is 13.2 Å². The van der Waals surface area contributed by atoms with Crippen LogP contribution in [0.5, 0.6) is 0 Å². The molecule has 0 bridgehead atoms. The number of ketones is 1. The first kappa shape index (κ1) is 18.7. The van der Waals surface area contributed by atoms with E-state index < -0.39 is 22.1 Å². The lowest BCUT2D eigenvalue weighted by molar-refractivity contribution is 0.0319. The van der Waals surface area contributed by atoms with Gasteiger partial charge in [0.25, 0.3) is 0 Å². The number of sulfonamides is 1. The Labute approximate surface area is 146 Å². The van der Waals surface area contributed by atoms with Crippen LogP contribution in [-0.2, 0) is 14.8 Å². The Morgan fingerprint density at radius 3 is 2.00 bits per heavy atom. The number of benzene rings is 2. The zero-order valence-corrected chi connectivity index (χ0v) is 15.0. The fourth-order valence-corrected chi connectivity index (χ4v) is 2.69. The summed E-state index contributed by atoms with van der Waals surface area (Å²) in [6.07, 6.45) is 0.108. The van der Waals surface area contributed by atoms with Gasteiger partial charge in [0, 0.05) is 11.3 Å². The summed E-state index contributed by atoms with van der Waals surface area (Å²) in [5.41, 5.74) is 2.06. The predicted octanol–water partition coefficient (Wildman–Crippen LogP) is 2.79. The highest BCUT2D eigenvalue weighted by Gasteiger charge is 2.20. The molecule has 0 saturated carbocycles. The molecule has 7 heteroatoms. The van der Waals surface area contributed by atoms with Crippen molar-refractivity contribution in [3.05, 3.63) is 65.2 Å². The molecule has 0 saturated heterocycles. The van der Waals surface area contributed by atoms with Gasteiger partial charge in [-0.1, -0.05) is 29.8 Å². The summed E-state index contributed by atoms with van der Waals surface area (Å²) in [6, 6.07) is 12.8. The van der Waals surface area contributed by atoms with Crippen molar-refractivity contribution in [3.63, 3.8) is 0 Å². The molecule has 0 unspecified atom stereocenters. The van der Waals surface area contributed by atoms with Crippen LogP contribution in [0.25, 0.3) is 0 Å². The molecule has 0 aliphatic heterocycles. The van der Waals surface area contributed by atoms with E-state index in [-0.39, 0.29) is 11.3 Å². The van der Waals surface area contributed by atoms with Gasteiger partial charge in [0.05, 0.1) is 11.8 Å². The van der Waals surface area contributed by atoms with Gasteiger partial charge < -0.3 is 4.74 Å². The van der Waals surface area contributed by atoms with Gasteiger partial charge in [0.1, 0.15) is 0 Å². The quantitative estimate of drug-likeness (QED) is 0.631. The van der Waals surface area contributed by atoms with Crippen LogP contribution >= 0.6 is 0 Å². The Kier molecular flexibility index (Phi) is 5.58. The molecule has 6 nitrogen and oxygen atoms in total. The first-order valence-electron chi connectivity index (χ1n) is 7.55. The van der Waals surface area contributed by atoms with E-state index in [2.05, 4.69) is 4.72 Å². The van der Waals surface area contributed by atoms with Crippen LogP contribution in [0.1, 0.15) is 33.2 Å². The molecule has 2 rings (SSSR count). The predicted molar refractivity (Wildman–Crippen MR) is 95.3 cm³/mol. The van der Waals surface area contributed by atoms with Crippen molar-refractivity contribution in [2.24, 2.45) is 0 Å². The molecule has 2 aromatic carbocycles. The molecule has 0 spiro atoms. The van der Waals surface area contributed by atoms with Gasteiger partial charge in [-0.05, 0) is 38.1 Å². The van der Waals surface area contributed by atoms with Crippen molar-refractivity contribution < 1.29 is 22.7 Å². The van der Waals surface area contributed by atoms with E-state index in [1.54, 1.807) is 12.1 Å². The Morgan fingerprint density at radius 1 is 0.960 bits per heavy atom. The third kappa shape index (κ3) is 5.42. The average Bonchev–Trinajstić information content (AvgIpc) is 2.54. The van der Waals surface area contributed by atoms with E-state index in [1.165, 1.54) is 31.2 Å². The maximum absolute atomic E-state index is 12.3. The second-order valence-electron chi connectivity index (χ2n) is 5.73. The van der Waals surface area contributed by atoms with Gasteiger partial charge in [-0.15, -0.1) is 0 Å². The number of carbonyl (C=O) groups is 2. The summed E-state index contributed by atoms with van der Waals surface area (Å²) in [7, 11) is -3.39. The Morgan fingerprint density at radius 2 is 1.48 bits per heavy atom. The SMILES string of the molecule is Cc1ccc(C(=O)[C@H](C)OC(=O)c2ccc(NS(C)(=O)=O)cc2)cc1. The van der Waals surface area contributed by atoms with Crippen molar-refractivity contribution in [2.75, 3.05) is 11.0 Å². The molecule has 1 atom stereocenters. The van der Waals surface area contributed by atoms with Gasteiger partial charge >= 0.3 is 5.97 Å². The number of Topliss-reactive ketones (excluding diaryl/α,β-unsaturated/α-hetero) is 1. The highest BCUT2D eigenvalue weighted by molar-refractivity contribution is 7.92. The Hall–Kier alpha value is -2.67. The summed E-state index contributed by atoms with van der Waals surface area (Å²) < 4.78 is 29.8. The Bertz CT molecular complexity index is 871. The number of anilines is 1. The molecule has 0 aromatic heterocycles. The number of nitrogens with one attached hydrogen (secondary N) is 1. The second kappa shape index (κ2) is 7.48. The minimum atomic E-state index is -3.39. The number of esters is 1. The summed E-state index contributed by atoms with van der Waals surface area (Å²) >= 11 is 0. The number of hydrogen-bond donors (Lipinski definition) is 1. The highest BCUT2D eigenvalue weighted by atomic mass is 32.2. The molecule has 25 heavy (non-hydrogen) atoms. The summed E-state index contributed by atoms with van der Waals surface area (Å²) in [5.74, 6) is -0.942. The molecule has 0 aliphatic carbocycles. The standard InChI is InChI=1S/C18H19NO5S/c1-12-4-6-14(7-5-12)17(20)13(2)24-18(21)15-8-10-16(11-9-15)19-25(3,22)23/h4-11,13,19H,1-3H3/t13-/m0/s1. The normalized spacial score (nSPS) is 12.3. The van der Waals surface area contributed by atoms with Crippen molar-refractivity contribution in [3.8, 4) is 0 Å². The highest BCUT2D eigenvalue weighted by Crippen LogP contribution is 2.14. The van der Waals surface area contributed by atoms with Crippen LogP contribution in [0.4, 0.5) is 5.69 Å². The van der Waals surface area contributed by atoms with Crippen molar-refractivity contribution in [1.29, 1.82) is 0 Å². The molecule has 2 aromatic rings. The average molecular weight is 361 g/mol. The molecule has 0 radical (unpaired) electrons. The monoisotopic (exact) mass is 361 g/mol. The van der Waals surface area contributed by atoms with E-state index in [1.807, 2.05) is 19.1 Å². The van der Waals surface area contributed by atoms with Crippen LogP contribution in [0, 0.1) is 6.92 Å². The first-order valence-corrected chi connectivity index (χ1v) is 9.44. The van der Waals surface area contributed by atoms with Gasteiger partial charge in [0.2, 0.25) is 15.8 Å². The van der Waals surface area contributed by atoms with Crippen LogP contribution < -0.4 is 4.72 Å². The maximum Gasteiger partial charge on any atom is 0.338 e. The van der Waals surface area contributed by atoms with Gasteiger partial charge in [-0.2, -0.15) is 0 Å². The fourth-order valence-electron chi connectivity index (χ4n) is 2.12. The lowest BCUT2D eigenvalue weighted by atomic mass is 10.1. The van der Waals surface area contributed by atoms with E-state index in [9.17, 15) is 18.0 Å². The number of ether oxygens (including phenoxy) is 1. The van der Waals surface area contributed by atoms with E-state index in [0.717, 1.165) is 11.8 Å². The van der Waals surface area contributed by atoms with Crippen LogP contribution in [0.15, 0.2) is 48.5 Å². The summed E-state index contributed by atoms with van der Waals surface area (Å²) in [5, 5.41) is 0. The lowest BCUT2D eigenvalue weighted by Crippen LogP contribution is -2.24. The molecule has 1 N–H and O–H groups in total. The fraction of sp³-hybridized carbons (Fsp3) is 0.222. The molecular weight excluding hydrogens is 342 g/mol. The summed E-state index contributed by atoms with van der Waals surface area (Å²) in [4.78, 5) is 24.4. The van der Waals surface area contributed by atoms with Crippen LogP contribution in [0.3, 0.4) is 0 Å². The smallest absolute Gasteiger partial charge is 0.338 e. The molecule has 132 valence electrons. The molecule has 0 heterocycles. The second-order valence-corrected chi connectivity index (χ2v) is 7.48. The van der Waals surface area contributed by atoms with E-state index in [4.69, 9.17) is 4.74 Å². The van der Waals surface area contributed by atoms with Crippen LogP contribution in [-0.4, -0.2) is 32.5 Å². The third-order valence-electron chi connectivity index (χ3n) is 3.41.